The molecule has 3 rings (SSSR count). The van der Waals surface area contributed by atoms with E-state index < -0.39 is 6.10 Å². The van der Waals surface area contributed by atoms with Crippen molar-refractivity contribution >= 4 is 28.8 Å². The Morgan fingerprint density at radius 2 is 2.24 bits per heavy atom. The number of carbonyl (C=O) groups excluding carboxylic acids is 1. The zero-order chi connectivity index (χ0) is 17.8. The lowest BCUT2D eigenvalue weighted by molar-refractivity contribution is -0.137. The van der Waals surface area contributed by atoms with Gasteiger partial charge in [0.2, 0.25) is 11.7 Å². The molecule has 2 heterocycles. The van der Waals surface area contributed by atoms with Crippen molar-refractivity contribution in [2.45, 2.75) is 19.6 Å². The molecule has 0 saturated carbocycles. The fraction of sp³-hybridized carbons (Fsp3) is 0.235. The quantitative estimate of drug-likeness (QED) is 0.652. The summed E-state index contributed by atoms with van der Waals surface area (Å²) in [6, 6.07) is 10.8. The summed E-state index contributed by atoms with van der Waals surface area (Å²) in [5, 5.41) is 6.43. The van der Waals surface area contributed by atoms with Crippen LogP contribution >= 0.6 is 22.9 Å². The van der Waals surface area contributed by atoms with Gasteiger partial charge in [-0.3, -0.25) is 4.79 Å². The summed E-state index contributed by atoms with van der Waals surface area (Å²) in [6.45, 7) is 1.89. The first kappa shape index (κ1) is 17.4. The van der Waals surface area contributed by atoms with Gasteiger partial charge in [0.15, 0.2) is 6.10 Å². The van der Waals surface area contributed by atoms with E-state index in [0.717, 1.165) is 4.88 Å². The molecule has 0 bridgehead atoms. The minimum Gasteiger partial charge on any atom is -0.481 e. The third kappa shape index (κ3) is 4.37. The number of amides is 1. The Morgan fingerprint density at radius 3 is 2.96 bits per heavy atom. The van der Waals surface area contributed by atoms with Crippen LogP contribution in [0.15, 0.2) is 46.3 Å². The normalized spacial score (nSPS) is 12.0. The van der Waals surface area contributed by atoms with E-state index in [0.29, 0.717) is 22.5 Å². The van der Waals surface area contributed by atoms with Crippen LogP contribution < -0.4 is 4.74 Å². The summed E-state index contributed by atoms with van der Waals surface area (Å²) < 4.78 is 10.9. The molecule has 6 nitrogen and oxygen atoms in total. The zero-order valence-electron chi connectivity index (χ0n) is 13.7. The highest BCUT2D eigenvalue weighted by atomic mass is 35.5. The topological polar surface area (TPSA) is 68.5 Å². The van der Waals surface area contributed by atoms with Gasteiger partial charge in [0.1, 0.15) is 5.75 Å². The number of ether oxygens (including phenoxy) is 1. The Hall–Kier alpha value is -2.38. The molecule has 1 atom stereocenters. The molecule has 0 spiro atoms. The summed E-state index contributed by atoms with van der Waals surface area (Å²) in [5.41, 5.74) is 0. The molecule has 8 heteroatoms. The molecular weight excluding hydrogens is 362 g/mol. The number of carbonyl (C=O) groups is 1. The van der Waals surface area contributed by atoms with Crippen molar-refractivity contribution in [2.24, 2.45) is 0 Å². The summed E-state index contributed by atoms with van der Waals surface area (Å²) in [6.07, 6.45) is -0.664. The van der Waals surface area contributed by atoms with E-state index in [2.05, 4.69) is 10.1 Å². The second kappa shape index (κ2) is 7.67. The van der Waals surface area contributed by atoms with E-state index in [4.69, 9.17) is 20.9 Å². The Kier molecular flexibility index (Phi) is 5.35. The lowest BCUT2D eigenvalue weighted by Crippen LogP contribution is -2.37. The van der Waals surface area contributed by atoms with Crippen molar-refractivity contribution in [3.63, 3.8) is 0 Å². The molecular formula is C17H16ClN3O3S. The van der Waals surface area contributed by atoms with Gasteiger partial charge in [0, 0.05) is 12.1 Å². The summed E-state index contributed by atoms with van der Waals surface area (Å²) in [7, 11) is 1.66. The van der Waals surface area contributed by atoms with Gasteiger partial charge in [-0.1, -0.05) is 28.9 Å². The largest absolute Gasteiger partial charge is 0.481 e. The second-order valence-corrected chi connectivity index (χ2v) is 6.78. The van der Waals surface area contributed by atoms with Gasteiger partial charge in [-0.05, 0) is 36.6 Å². The molecule has 0 aliphatic carbocycles. The van der Waals surface area contributed by atoms with Gasteiger partial charge in [-0.2, -0.15) is 4.98 Å². The van der Waals surface area contributed by atoms with E-state index >= 15 is 0 Å². The molecule has 25 heavy (non-hydrogen) atoms. The highest BCUT2D eigenvalue weighted by Gasteiger charge is 2.21. The lowest BCUT2D eigenvalue weighted by atomic mass is 10.3. The highest BCUT2D eigenvalue weighted by molar-refractivity contribution is 7.13. The lowest BCUT2D eigenvalue weighted by Gasteiger charge is -2.20. The molecule has 0 aliphatic heterocycles. The predicted octanol–water partition coefficient (Wildman–Crippen LogP) is 3.88. The Labute approximate surface area is 154 Å². The Morgan fingerprint density at radius 1 is 1.40 bits per heavy atom. The Balaban J connectivity index is 1.60. The van der Waals surface area contributed by atoms with Crippen LogP contribution in [-0.4, -0.2) is 34.1 Å². The van der Waals surface area contributed by atoms with Gasteiger partial charge < -0.3 is 14.2 Å². The molecule has 1 unspecified atom stereocenters. The van der Waals surface area contributed by atoms with Crippen molar-refractivity contribution in [1.82, 2.24) is 15.0 Å². The number of likely N-dealkylation sites (N-methyl/N-ethyl adjacent to an activating group) is 1. The standard InChI is InChI=1S/C17H16ClN3O3S/c1-11(23-13-6-3-5-12(18)9-13)17(22)21(2)10-15-19-16(20-24-15)14-7-4-8-25-14/h3-9,11H,10H2,1-2H3. The van der Waals surface area contributed by atoms with E-state index in [9.17, 15) is 4.79 Å². The molecule has 0 N–H and O–H groups in total. The molecule has 0 saturated heterocycles. The fourth-order valence-electron chi connectivity index (χ4n) is 2.21. The van der Waals surface area contributed by atoms with Gasteiger partial charge in [-0.25, -0.2) is 0 Å². The fourth-order valence-corrected chi connectivity index (χ4v) is 3.04. The maximum atomic E-state index is 12.5. The van der Waals surface area contributed by atoms with Crippen molar-refractivity contribution in [3.8, 4) is 16.5 Å². The molecule has 0 aliphatic rings. The van der Waals surface area contributed by atoms with Crippen LogP contribution in [0.5, 0.6) is 5.75 Å². The third-order valence-electron chi connectivity index (χ3n) is 3.42. The number of benzene rings is 1. The van der Waals surface area contributed by atoms with Gasteiger partial charge >= 0.3 is 0 Å². The van der Waals surface area contributed by atoms with Crippen LogP contribution in [0.25, 0.3) is 10.7 Å². The highest BCUT2D eigenvalue weighted by Crippen LogP contribution is 2.22. The Bertz CT molecular complexity index is 850. The molecule has 3 aromatic rings. The van der Waals surface area contributed by atoms with E-state index in [1.807, 2.05) is 17.5 Å². The number of nitrogens with zero attached hydrogens (tertiary/aromatic N) is 3. The van der Waals surface area contributed by atoms with Crippen LogP contribution in [0.1, 0.15) is 12.8 Å². The number of hydrogen-bond donors (Lipinski definition) is 0. The van der Waals surface area contributed by atoms with Crippen LogP contribution in [0.4, 0.5) is 0 Å². The molecule has 1 aromatic carbocycles. The van der Waals surface area contributed by atoms with Gasteiger partial charge in [0.25, 0.3) is 5.91 Å². The van der Waals surface area contributed by atoms with Crippen LogP contribution in [0.2, 0.25) is 5.02 Å². The number of hydrogen-bond acceptors (Lipinski definition) is 6. The second-order valence-electron chi connectivity index (χ2n) is 5.40. The first-order valence-corrected chi connectivity index (χ1v) is 8.82. The minimum atomic E-state index is -0.664. The molecule has 0 radical (unpaired) electrons. The summed E-state index contributed by atoms with van der Waals surface area (Å²) >= 11 is 7.45. The van der Waals surface area contributed by atoms with Crippen LogP contribution in [0.3, 0.4) is 0 Å². The van der Waals surface area contributed by atoms with Crippen molar-refractivity contribution in [2.75, 3.05) is 7.05 Å². The maximum Gasteiger partial charge on any atom is 0.263 e. The van der Waals surface area contributed by atoms with Crippen molar-refractivity contribution in [3.05, 3.63) is 52.7 Å². The first-order chi connectivity index (χ1) is 12.0. The third-order valence-corrected chi connectivity index (χ3v) is 4.52. The number of halogens is 1. The predicted molar refractivity (Wildman–Crippen MR) is 95.6 cm³/mol. The number of thiophene rings is 1. The molecule has 2 aromatic heterocycles. The average molecular weight is 378 g/mol. The van der Waals surface area contributed by atoms with Crippen LogP contribution in [-0.2, 0) is 11.3 Å². The number of aromatic nitrogens is 2. The van der Waals surface area contributed by atoms with E-state index in [-0.39, 0.29) is 12.5 Å². The summed E-state index contributed by atoms with van der Waals surface area (Å²) in [4.78, 5) is 19.2. The number of rotatable bonds is 6. The molecule has 1 amide bonds. The van der Waals surface area contributed by atoms with Crippen molar-refractivity contribution < 1.29 is 14.1 Å². The summed E-state index contributed by atoms with van der Waals surface area (Å²) in [5.74, 6) is 1.23. The molecule has 0 fully saturated rings. The maximum absolute atomic E-state index is 12.5. The monoisotopic (exact) mass is 377 g/mol. The van der Waals surface area contributed by atoms with Crippen molar-refractivity contribution in [1.29, 1.82) is 0 Å². The van der Waals surface area contributed by atoms with E-state index in [1.54, 1.807) is 38.2 Å². The SMILES string of the molecule is CC(Oc1cccc(Cl)c1)C(=O)N(C)Cc1nc(-c2cccs2)no1. The zero-order valence-corrected chi connectivity index (χ0v) is 15.3. The average Bonchev–Trinajstić information content (AvgIpc) is 3.25. The minimum absolute atomic E-state index is 0.198. The van der Waals surface area contributed by atoms with E-state index in [1.165, 1.54) is 16.2 Å². The van der Waals surface area contributed by atoms with Gasteiger partial charge in [0.05, 0.1) is 11.4 Å². The smallest absolute Gasteiger partial charge is 0.263 e. The van der Waals surface area contributed by atoms with Gasteiger partial charge in [-0.15, -0.1) is 11.3 Å². The molecule has 130 valence electrons. The first-order valence-electron chi connectivity index (χ1n) is 7.56. The van der Waals surface area contributed by atoms with Crippen LogP contribution in [0, 0.1) is 0 Å².